The van der Waals surface area contributed by atoms with E-state index in [1.807, 2.05) is 6.07 Å². The second-order valence-electron chi connectivity index (χ2n) is 6.16. The summed E-state index contributed by atoms with van der Waals surface area (Å²) in [5, 5.41) is 6.34. The average Bonchev–Trinajstić information content (AvgIpc) is 2.64. The standard InChI is InChI=1S/C19H25FN4O2S/c1-21-19(22-12-11-15-5-4-6-17(20)13-15)23-14-16-7-9-18(10-8-16)27(25,26)24(2)3/h4-10,13H,11-12,14H2,1-3H3,(H2,21,22,23). The summed E-state index contributed by atoms with van der Waals surface area (Å²) in [6.07, 6.45) is 0.676. The van der Waals surface area contributed by atoms with Gasteiger partial charge in [-0.2, -0.15) is 0 Å². The zero-order valence-corrected chi connectivity index (χ0v) is 16.6. The highest BCUT2D eigenvalue weighted by molar-refractivity contribution is 7.89. The van der Waals surface area contributed by atoms with Gasteiger partial charge < -0.3 is 10.6 Å². The number of aliphatic imine (C=N–C) groups is 1. The van der Waals surface area contributed by atoms with Gasteiger partial charge in [-0.3, -0.25) is 4.99 Å². The van der Waals surface area contributed by atoms with Gasteiger partial charge in [-0.25, -0.2) is 17.1 Å². The lowest BCUT2D eigenvalue weighted by Crippen LogP contribution is -2.37. The summed E-state index contributed by atoms with van der Waals surface area (Å²) in [5.41, 5.74) is 1.84. The minimum atomic E-state index is -3.42. The fourth-order valence-corrected chi connectivity index (χ4v) is 3.32. The Kier molecular flexibility index (Phi) is 7.32. The number of sulfonamides is 1. The lowest BCUT2D eigenvalue weighted by Gasteiger charge is -2.13. The van der Waals surface area contributed by atoms with Crippen LogP contribution in [0.1, 0.15) is 11.1 Å². The number of rotatable bonds is 7. The van der Waals surface area contributed by atoms with Crippen LogP contribution in [0.4, 0.5) is 4.39 Å². The van der Waals surface area contributed by atoms with Crippen LogP contribution in [0.25, 0.3) is 0 Å². The highest BCUT2D eigenvalue weighted by Gasteiger charge is 2.16. The Morgan fingerprint density at radius 1 is 1.07 bits per heavy atom. The Bertz CT molecular complexity index is 881. The minimum Gasteiger partial charge on any atom is -0.356 e. The van der Waals surface area contributed by atoms with Crippen LogP contribution in [0.15, 0.2) is 58.4 Å². The summed E-state index contributed by atoms with van der Waals surface area (Å²) in [7, 11) is 1.26. The fourth-order valence-electron chi connectivity index (χ4n) is 2.41. The van der Waals surface area contributed by atoms with Crippen molar-refractivity contribution in [3.05, 3.63) is 65.5 Å². The van der Waals surface area contributed by atoms with Crippen molar-refractivity contribution in [1.82, 2.24) is 14.9 Å². The van der Waals surface area contributed by atoms with E-state index < -0.39 is 10.0 Å². The van der Waals surface area contributed by atoms with Gasteiger partial charge in [-0.15, -0.1) is 0 Å². The molecule has 2 aromatic carbocycles. The number of hydrogen-bond acceptors (Lipinski definition) is 3. The lowest BCUT2D eigenvalue weighted by molar-refractivity contribution is 0.520. The van der Waals surface area contributed by atoms with Crippen molar-refractivity contribution in [1.29, 1.82) is 0 Å². The zero-order valence-electron chi connectivity index (χ0n) is 15.7. The van der Waals surface area contributed by atoms with Crippen LogP contribution in [0.2, 0.25) is 0 Å². The first-order valence-corrected chi connectivity index (χ1v) is 9.97. The molecule has 0 heterocycles. The molecule has 0 aliphatic rings. The monoisotopic (exact) mass is 392 g/mol. The molecule has 0 aliphatic carbocycles. The topological polar surface area (TPSA) is 73.8 Å². The molecule has 0 saturated heterocycles. The van der Waals surface area contributed by atoms with Crippen molar-refractivity contribution in [2.45, 2.75) is 17.9 Å². The molecular formula is C19H25FN4O2S. The molecule has 27 heavy (non-hydrogen) atoms. The SMILES string of the molecule is CN=C(NCCc1cccc(F)c1)NCc1ccc(S(=O)(=O)N(C)C)cc1. The average molecular weight is 393 g/mol. The van der Waals surface area contributed by atoms with Crippen molar-refractivity contribution < 1.29 is 12.8 Å². The molecule has 146 valence electrons. The van der Waals surface area contributed by atoms with Gasteiger partial charge in [0.2, 0.25) is 10.0 Å². The number of benzene rings is 2. The van der Waals surface area contributed by atoms with E-state index in [1.165, 1.54) is 30.5 Å². The molecule has 6 nitrogen and oxygen atoms in total. The van der Waals surface area contributed by atoms with Crippen molar-refractivity contribution in [3.8, 4) is 0 Å². The predicted octanol–water partition coefficient (Wildman–Crippen LogP) is 1.98. The highest BCUT2D eigenvalue weighted by atomic mass is 32.2. The third-order valence-electron chi connectivity index (χ3n) is 3.98. The van der Waals surface area contributed by atoms with Crippen LogP contribution in [0.5, 0.6) is 0 Å². The number of hydrogen-bond donors (Lipinski definition) is 2. The molecule has 0 bridgehead atoms. The fraction of sp³-hybridized carbons (Fsp3) is 0.316. The van der Waals surface area contributed by atoms with Crippen LogP contribution in [-0.4, -0.2) is 46.4 Å². The molecule has 0 amide bonds. The first-order valence-electron chi connectivity index (χ1n) is 8.53. The second kappa shape index (κ2) is 9.48. The van der Waals surface area contributed by atoms with Gasteiger partial charge in [-0.05, 0) is 41.8 Å². The van der Waals surface area contributed by atoms with Gasteiger partial charge in [-0.1, -0.05) is 24.3 Å². The molecule has 0 atom stereocenters. The Morgan fingerprint density at radius 3 is 2.37 bits per heavy atom. The van der Waals surface area contributed by atoms with Crippen LogP contribution >= 0.6 is 0 Å². The van der Waals surface area contributed by atoms with Gasteiger partial charge in [0.15, 0.2) is 5.96 Å². The number of nitrogens with zero attached hydrogens (tertiary/aromatic N) is 2. The van der Waals surface area contributed by atoms with Crippen molar-refractivity contribution >= 4 is 16.0 Å². The number of halogens is 1. The first-order chi connectivity index (χ1) is 12.8. The Morgan fingerprint density at radius 2 is 1.78 bits per heavy atom. The molecule has 0 aromatic heterocycles. The van der Waals surface area contributed by atoms with E-state index in [1.54, 1.807) is 37.4 Å². The van der Waals surface area contributed by atoms with Gasteiger partial charge in [0.1, 0.15) is 5.82 Å². The smallest absolute Gasteiger partial charge is 0.242 e. The molecule has 0 fully saturated rings. The van der Waals surface area contributed by atoms with E-state index in [-0.39, 0.29) is 10.7 Å². The van der Waals surface area contributed by atoms with E-state index in [4.69, 9.17) is 0 Å². The van der Waals surface area contributed by atoms with Crippen molar-refractivity contribution in [3.63, 3.8) is 0 Å². The van der Waals surface area contributed by atoms with Crippen LogP contribution in [-0.2, 0) is 23.0 Å². The zero-order chi connectivity index (χ0) is 19.9. The van der Waals surface area contributed by atoms with Crippen LogP contribution < -0.4 is 10.6 Å². The van der Waals surface area contributed by atoms with Gasteiger partial charge >= 0.3 is 0 Å². The molecule has 0 unspecified atom stereocenters. The lowest BCUT2D eigenvalue weighted by atomic mass is 10.1. The van der Waals surface area contributed by atoms with Crippen LogP contribution in [0.3, 0.4) is 0 Å². The number of guanidine groups is 1. The summed E-state index contributed by atoms with van der Waals surface area (Å²) in [5.74, 6) is 0.381. The summed E-state index contributed by atoms with van der Waals surface area (Å²) in [4.78, 5) is 4.41. The molecule has 0 saturated carbocycles. The third kappa shape index (κ3) is 6.04. The normalized spacial score (nSPS) is 12.3. The third-order valence-corrected chi connectivity index (χ3v) is 5.81. The molecule has 0 aliphatic heterocycles. The molecule has 2 N–H and O–H groups in total. The molecule has 0 radical (unpaired) electrons. The Hall–Kier alpha value is -2.45. The summed E-state index contributed by atoms with van der Waals surface area (Å²) in [6, 6.07) is 13.2. The summed E-state index contributed by atoms with van der Waals surface area (Å²) >= 11 is 0. The van der Waals surface area contributed by atoms with Crippen molar-refractivity contribution in [2.24, 2.45) is 4.99 Å². The maximum absolute atomic E-state index is 13.2. The highest BCUT2D eigenvalue weighted by Crippen LogP contribution is 2.13. The maximum Gasteiger partial charge on any atom is 0.242 e. The Labute approximate surface area is 160 Å². The van der Waals surface area contributed by atoms with E-state index >= 15 is 0 Å². The quantitative estimate of drug-likeness (QED) is 0.558. The van der Waals surface area contributed by atoms with Gasteiger partial charge in [0, 0.05) is 34.2 Å². The summed E-state index contributed by atoms with van der Waals surface area (Å²) < 4.78 is 38.5. The first kappa shape index (κ1) is 20.9. The van der Waals surface area contributed by atoms with E-state index in [0.717, 1.165) is 11.1 Å². The maximum atomic E-state index is 13.2. The van der Waals surface area contributed by atoms with Crippen molar-refractivity contribution in [2.75, 3.05) is 27.7 Å². The van der Waals surface area contributed by atoms with E-state index in [0.29, 0.717) is 25.5 Å². The molecular weight excluding hydrogens is 367 g/mol. The Balaban J connectivity index is 1.85. The van der Waals surface area contributed by atoms with E-state index in [2.05, 4.69) is 15.6 Å². The predicted molar refractivity (Wildman–Crippen MR) is 106 cm³/mol. The summed E-state index contributed by atoms with van der Waals surface area (Å²) in [6.45, 7) is 1.12. The van der Waals surface area contributed by atoms with Gasteiger partial charge in [0.05, 0.1) is 4.90 Å². The van der Waals surface area contributed by atoms with Gasteiger partial charge in [0.25, 0.3) is 0 Å². The molecule has 2 rings (SSSR count). The van der Waals surface area contributed by atoms with Crippen LogP contribution in [0, 0.1) is 5.82 Å². The molecule has 0 spiro atoms. The van der Waals surface area contributed by atoms with E-state index in [9.17, 15) is 12.8 Å². The largest absolute Gasteiger partial charge is 0.356 e. The molecule has 8 heteroatoms. The molecule has 2 aromatic rings. The number of nitrogens with one attached hydrogen (secondary N) is 2. The minimum absolute atomic E-state index is 0.241. The second-order valence-corrected chi connectivity index (χ2v) is 8.32.